The van der Waals surface area contributed by atoms with Crippen molar-refractivity contribution in [3.05, 3.63) is 33.6 Å². The molecule has 6 heteroatoms. The second-order valence-corrected chi connectivity index (χ2v) is 9.38. The maximum Gasteiger partial charge on any atom is 0.260 e. The van der Waals surface area contributed by atoms with Gasteiger partial charge in [-0.25, -0.2) is 4.98 Å². The van der Waals surface area contributed by atoms with Gasteiger partial charge in [0, 0.05) is 27.4 Å². The number of rotatable bonds is 4. The second kappa shape index (κ2) is 6.67. The average Bonchev–Trinajstić information content (AvgIpc) is 3.22. The lowest BCUT2D eigenvalue weighted by molar-refractivity contribution is 0.100. The molecular weight excluding hydrogens is 362 g/mol. The minimum atomic E-state index is -0.473. The second-order valence-electron chi connectivity index (χ2n) is 7.44. The number of nitrogens with zero attached hydrogens (tertiary/aromatic N) is 1. The van der Waals surface area contributed by atoms with Crippen LogP contribution in [0.4, 0.5) is 5.69 Å². The highest BCUT2D eigenvalue weighted by Gasteiger charge is 2.29. The number of amides is 1. The molecule has 1 aliphatic carbocycles. The van der Waals surface area contributed by atoms with E-state index < -0.39 is 5.91 Å². The number of pyridine rings is 1. The van der Waals surface area contributed by atoms with Gasteiger partial charge in [-0.1, -0.05) is 19.9 Å². The van der Waals surface area contributed by atoms with Crippen molar-refractivity contribution in [2.45, 2.75) is 45.4 Å². The van der Waals surface area contributed by atoms with Crippen LogP contribution in [0.2, 0.25) is 0 Å². The highest BCUT2D eigenvalue weighted by molar-refractivity contribution is 7.21. The van der Waals surface area contributed by atoms with Crippen LogP contribution in [0.5, 0.6) is 0 Å². The Balaban J connectivity index is 2.05. The molecule has 4 rings (SSSR count). The van der Waals surface area contributed by atoms with Crippen molar-refractivity contribution in [2.24, 2.45) is 11.7 Å². The van der Waals surface area contributed by atoms with Crippen molar-refractivity contribution in [2.75, 3.05) is 5.73 Å². The Labute approximate surface area is 161 Å². The van der Waals surface area contributed by atoms with Crippen LogP contribution in [0.15, 0.2) is 17.5 Å². The predicted molar refractivity (Wildman–Crippen MR) is 111 cm³/mol. The van der Waals surface area contributed by atoms with E-state index in [4.69, 9.17) is 16.5 Å². The molecule has 0 bridgehead atoms. The number of fused-ring (bicyclic) bond motifs is 2. The number of thiophene rings is 2. The van der Waals surface area contributed by atoms with Gasteiger partial charge < -0.3 is 11.5 Å². The molecule has 3 aromatic heterocycles. The largest absolute Gasteiger partial charge is 0.397 e. The summed E-state index contributed by atoms with van der Waals surface area (Å²) in [4.78, 5) is 19.3. The van der Waals surface area contributed by atoms with Gasteiger partial charge in [0.25, 0.3) is 5.91 Å². The molecule has 0 saturated heterocycles. The normalized spacial score (nSPS) is 17.0. The Bertz CT molecular complexity index is 973. The lowest BCUT2D eigenvalue weighted by Crippen LogP contribution is -2.15. The highest BCUT2D eigenvalue weighted by Crippen LogP contribution is 2.47. The molecule has 3 heterocycles. The van der Waals surface area contributed by atoms with Gasteiger partial charge in [-0.3, -0.25) is 4.79 Å². The molecule has 4 N–H and O–H groups in total. The fourth-order valence-electron chi connectivity index (χ4n) is 4.13. The molecule has 1 unspecified atom stereocenters. The predicted octanol–water partition coefficient (Wildman–Crippen LogP) is 5.17. The van der Waals surface area contributed by atoms with Gasteiger partial charge in [0.15, 0.2) is 0 Å². The van der Waals surface area contributed by atoms with E-state index in [1.165, 1.54) is 45.9 Å². The SMILES string of the molecule is CC(C)CC1CCCc2c1nc1sc(C(N)=O)c(N)c1c2-c1cccs1. The van der Waals surface area contributed by atoms with E-state index in [-0.39, 0.29) is 0 Å². The summed E-state index contributed by atoms with van der Waals surface area (Å²) in [5, 5.41) is 3.00. The minimum Gasteiger partial charge on any atom is -0.397 e. The monoisotopic (exact) mass is 385 g/mol. The minimum absolute atomic E-state index is 0.424. The van der Waals surface area contributed by atoms with Crippen molar-refractivity contribution in [3.8, 4) is 10.4 Å². The number of carbonyl (C=O) groups is 1. The molecule has 136 valence electrons. The number of anilines is 1. The lowest BCUT2D eigenvalue weighted by Gasteiger charge is -2.28. The summed E-state index contributed by atoms with van der Waals surface area (Å²) in [6.07, 6.45) is 4.50. The summed E-state index contributed by atoms with van der Waals surface area (Å²) >= 11 is 3.04. The number of hydrogen-bond acceptors (Lipinski definition) is 5. The summed E-state index contributed by atoms with van der Waals surface area (Å²) in [6, 6.07) is 4.19. The first-order valence-electron chi connectivity index (χ1n) is 9.05. The molecule has 0 saturated carbocycles. The molecule has 3 aromatic rings. The molecule has 1 aliphatic rings. The number of aromatic nitrogens is 1. The standard InChI is InChI=1S/C20H23N3OS2/c1-10(2)9-11-5-3-6-12-14(13-7-4-8-25-13)15-16(21)18(19(22)24)26-20(15)23-17(11)12/h4,7-8,10-11H,3,5-6,9,21H2,1-2H3,(H2,22,24). The number of hydrogen-bond donors (Lipinski definition) is 2. The molecule has 0 spiro atoms. The number of carbonyl (C=O) groups excluding carboxylic acids is 1. The number of nitrogens with two attached hydrogens (primary N) is 2. The maximum atomic E-state index is 11.8. The first kappa shape index (κ1) is 17.5. The molecule has 4 nitrogen and oxygen atoms in total. The topological polar surface area (TPSA) is 82.0 Å². The van der Waals surface area contributed by atoms with Crippen LogP contribution in [-0.4, -0.2) is 10.9 Å². The summed E-state index contributed by atoms with van der Waals surface area (Å²) in [7, 11) is 0. The fourth-order valence-corrected chi connectivity index (χ4v) is 5.90. The third-order valence-electron chi connectivity index (χ3n) is 5.12. The third kappa shape index (κ3) is 2.81. The van der Waals surface area contributed by atoms with Crippen molar-refractivity contribution >= 4 is 44.5 Å². The number of primary amides is 1. The summed E-state index contributed by atoms with van der Waals surface area (Å²) in [5.41, 5.74) is 16.1. The van der Waals surface area contributed by atoms with Gasteiger partial charge >= 0.3 is 0 Å². The maximum absolute atomic E-state index is 11.8. The summed E-state index contributed by atoms with van der Waals surface area (Å²) in [6.45, 7) is 4.53. The van der Waals surface area contributed by atoms with E-state index in [1.54, 1.807) is 11.3 Å². The Kier molecular flexibility index (Phi) is 4.49. The Hall–Kier alpha value is -1.92. The van der Waals surface area contributed by atoms with Gasteiger partial charge in [-0.15, -0.1) is 22.7 Å². The van der Waals surface area contributed by atoms with E-state index >= 15 is 0 Å². The molecule has 0 radical (unpaired) electrons. The molecule has 1 atom stereocenters. The Morgan fingerprint density at radius 1 is 1.42 bits per heavy atom. The van der Waals surface area contributed by atoms with Crippen LogP contribution in [0.25, 0.3) is 20.7 Å². The molecule has 0 aromatic carbocycles. The van der Waals surface area contributed by atoms with Gasteiger partial charge in [0.1, 0.15) is 9.71 Å². The van der Waals surface area contributed by atoms with Gasteiger partial charge in [-0.05, 0) is 48.6 Å². The zero-order valence-corrected chi connectivity index (χ0v) is 16.7. The van der Waals surface area contributed by atoms with Crippen LogP contribution < -0.4 is 11.5 Å². The molecule has 1 amide bonds. The van der Waals surface area contributed by atoms with Gasteiger partial charge in [0.05, 0.1) is 5.69 Å². The van der Waals surface area contributed by atoms with E-state index in [0.29, 0.717) is 22.4 Å². The molecule has 26 heavy (non-hydrogen) atoms. The van der Waals surface area contributed by atoms with Crippen molar-refractivity contribution < 1.29 is 4.79 Å². The summed E-state index contributed by atoms with van der Waals surface area (Å²) in [5.74, 6) is 0.629. The quantitative estimate of drug-likeness (QED) is 0.650. The number of nitrogen functional groups attached to an aromatic ring is 1. The molecule has 0 fully saturated rings. The van der Waals surface area contributed by atoms with Crippen LogP contribution >= 0.6 is 22.7 Å². The fraction of sp³-hybridized carbons (Fsp3) is 0.400. The molecule has 0 aliphatic heterocycles. The zero-order valence-electron chi connectivity index (χ0n) is 15.0. The Morgan fingerprint density at radius 3 is 2.88 bits per heavy atom. The van der Waals surface area contributed by atoms with Crippen molar-refractivity contribution in [1.82, 2.24) is 4.98 Å². The first-order chi connectivity index (χ1) is 12.5. The van der Waals surface area contributed by atoms with Crippen LogP contribution in [-0.2, 0) is 6.42 Å². The first-order valence-corrected chi connectivity index (χ1v) is 10.7. The van der Waals surface area contributed by atoms with Crippen molar-refractivity contribution in [1.29, 1.82) is 0 Å². The van der Waals surface area contributed by atoms with Crippen LogP contribution in [0, 0.1) is 5.92 Å². The van der Waals surface area contributed by atoms with E-state index in [1.807, 2.05) is 0 Å². The third-order valence-corrected chi connectivity index (χ3v) is 7.12. The van der Waals surface area contributed by atoms with Crippen LogP contribution in [0.3, 0.4) is 0 Å². The molecular formula is C20H23N3OS2. The van der Waals surface area contributed by atoms with E-state index in [2.05, 4.69) is 31.4 Å². The van der Waals surface area contributed by atoms with Crippen molar-refractivity contribution in [3.63, 3.8) is 0 Å². The average molecular weight is 386 g/mol. The van der Waals surface area contributed by atoms with Gasteiger partial charge in [0.2, 0.25) is 0 Å². The highest BCUT2D eigenvalue weighted by atomic mass is 32.1. The van der Waals surface area contributed by atoms with Gasteiger partial charge in [-0.2, -0.15) is 0 Å². The Morgan fingerprint density at radius 2 is 2.23 bits per heavy atom. The smallest absolute Gasteiger partial charge is 0.260 e. The van der Waals surface area contributed by atoms with E-state index in [9.17, 15) is 4.79 Å². The lowest BCUT2D eigenvalue weighted by atomic mass is 9.79. The van der Waals surface area contributed by atoms with E-state index in [0.717, 1.165) is 23.1 Å². The summed E-state index contributed by atoms with van der Waals surface area (Å²) < 4.78 is 0. The van der Waals surface area contributed by atoms with Crippen LogP contribution in [0.1, 0.15) is 60.0 Å². The zero-order chi connectivity index (χ0) is 18.4.